The fourth-order valence-electron chi connectivity index (χ4n) is 10.4. The summed E-state index contributed by atoms with van der Waals surface area (Å²) in [6.07, 6.45) is -4.88. The molecule has 7 heteroatoms. The fraction of sp³-hybridized carbons (Fsp3) is 0.0182. The van der Waals surface area contributed by atoms with Crippen LogP contribution in [0.4, 0.5) is 13.2 Å². The molecule has 0 bridgehead atoms. The SMILES string of the molecule is FC(F)(F)c1c(-n2c3ccccc3c3ccccc32)c(-n2c3ccccc3c3ccccc32)cc(-n2c3ccccc3c3ccccc32)c1-n1c2ccccc2c2ccccc21. The number of halogens is 3. The minimum absolute atomic E-state index is 0.0442. The van der Waals surface area contributed by atoms with Crippen molar-refractivity contribution in [2.24, 2.45) is 0 Å². The molecule has 0 amide bonds. The predicted octanol–water partition coefficient (Wildman–Crippen LogP) is 15.1. The van der Waals surface area contributed by atoms with Gasteiger partial charge in [-0.3, -0.25) is 0 Å². The zero-order valence-electron chi connectivity index (χ0n) is 33.0. The van der Waals surface area contributed by atoms with Gasteiger partial charge in [0.1, 0.15) is 5.56 Å². The van der Waals surface area contributed by atoms with Crippen LogP contribution in [0, 0.1) is 0 Å². The summed E-state index contributed by atoms with van der Waals surface area (Å²) < 4.78 is 60.5. The molecule has 0 aliphatic carbocycles. The number of benzene rings is 9. The minimum atomic E-state index is -4.88. The summed E-state index contributed by atoms with van der Waals surface area (Å²) in [5, 5.41) is 7.29. The van der Waals surface area contributed by atoms with Crippen LogP contribution in [-0.4, -0.2) is 18.3 Å². The van der Waals surface area contributed by atoms with E-state index in [1.807, 2.05) is 194 Å². The Morgan fingerprint density at radius 2 is 0.452 bits per heavy atom. The number of rotatable bonds is 4. The highest BCUT2D eigenvalue weighted by Crippen LogP contribution is 2.51. The van der Waals surface area contributed by atoms with Gasteiger partial charge < -0.3 is 18.3 Å². The minimum Gasteiger partial charge on any atom is -0.307 e. The summed E-state index contributed by atoms with van der Waals surface area (Å²) >= 11 is 0. The number of hydrogen-bond donors (Lipinski definition) is 0. The Hall–Kier alpha value is -8.03. The van der Waals surface area contributed by atoms with Crippen LogP contribution in [0.3, 0.4) is 0 Å². The lowest BCUT2D eigenvalue weighted by molar-refractivity contribution is -0.137. The molecule has 62 heavy (non-hydrogen) atoms. The number of aromatic nitrogens is 4. The van der Waals surface area contributed by atoms with E-state index in [1.165, 1.54) is 0 Å². The van der Waals surface area contributed by atoms with Crippen molar-refractivity contribution < 1.29 is 13.2 Å². The van der Waals surface area contributed by atoms with Crippen LogP contribution < -0.4 is 0 Å². The molecule has 0 unspecified atom stereocenters. The van der Waals surface area contributed by atoms with Crippen molar-refractivity contribution >= 4 is 87.2 Å². The Labute approximate surface area is 352 Å². The van der Waals surface area contributed by atoms with Gasteiger partial charge in [-0.25, -0.2) is 0 Å². The van der Waals surface area contributed by atoms with E-state index in [1.54, 1.807) is 0 Å². The number of alkyl halides is 3. The Kier molecular flexibility index (Phi) is 7.15. The van der Waals surface area contributed by atoms with E-state index < -0.39 is 11.7 Å². The first-order valence-corrected chi connectivity index (χ1v) is 20.7. The summed E-state index contributed by atoms with van der Waals surface area (Å²) in [5.41, 5.74) is 6.10. The number of hydrogen-bond acceptors (Lipinski definition) is 0. The fourth-order valence-corrected chi connectivity index (χ4v) is 10.4. The van der Waals surface area contributed by atoms with Crippen molar-refractivity contribution in [3.8, 4) is 22.7 Å². The molecule has 0 aliphatic heterocycles. The summed E-state index contributed by atoms with van der Waals surface area (Å²) in [4.78, 5) is 0. The van der Waals surface area contributed by atoms with E-state index in [9.17, 15) is 0 Å². The van der Waals surface area contributed by atoms with Gasteiger partial charge in [0.25, 0.3) is 0 Å². The highest BCUT2D eigenvalue weighted by atomic mass is 19.4. The van der Waals surface area contributed by atoms with Crippen molar-refractivity contribution in [3.05, 3.63) is 206 Å². The molecule has 4 aromatic heterocycles. The molecule has 0 radical (unpaired) electrons. The van der Waals surface area contributed by atoms with Crippen LogP contribution in [0.2, 0.25) is 0 Å². The van der Waals surface area contributed by atoms with Gasteiger partial charge in [-0.1, -0.05) is 146 Å². The average molecular weight is 807 g/mol. The van der Waals surface area contributed by atoms with Gasteiger partial charge >= 0.3 is 6.18 Å². The molecule has 0 atom stereocenters. The maximum absolute atomic E-state index is 17.5. The van der Waals surface area contributed by atoms with E-state index in [-0.39, 0.29) is 11.4 Å². The first kappa shape index (κ1) is 34.8. The van der Waals surface area contributed by atoms with Gasteiger partial charge in [-0.05, 0) is 54.6 Å². The third kappa shape index (κ3) is 4.67. The third-order valence-electron chi connectivity index (χ3n) is 12.8. The van der Waals surface area contributed by atoms with Gasteiger partial charge in [0.2, 0.25) is 0 Å². The largest absolute Gasteiger partial charge is 0.420 e. The maximum atomic E-state index is 17.5. The molecule has 4 nitrogen and oxygen atoms in total. The molecule has 9 aromatic carbocycles. The highest BCUT2D eigenvalue weighted by molar-refractivity contribution is 6.15. The van der Waals surface area contributed by atoms with Crippen LogP contribution in [0.5, 0.6) is 0 Å². The van der Waals surface area contributed by atoms with Crippen molar-refractivity contribution in [1.29, 1.82) is 0 Å². The van der Waals surface area contributed by atoms with Crippen molar-refractivity contribution in [2.45, 2.75) is 6.18 Å². The van der Waals surface area contributed by atoms with E-state index in [0.29, 0.717) is 33.4 Å². The molecule has 0 saturated carbocycles. The lowest BCUT2D eigenvalue weighted by Gasteiger charge is -2.28. The number of para-hydroxylation sites is 8. The molecule has 0 N–H and O–H groups in total. The van der Waals surface area contributed by atoms with Crippen LogP contribution >= 0.6 is 0 Å². The molecule has 4 heterocycles. The Morgan fingerprint density at radius 1 is 0.258 bits per heavy atom. The molecular formula is C55H33F3N4. The van der Waals surface area contributed by atoms with Gasteiger partial charge in [0.15, 0.2) is 0 Å². The number of fused-ring (bicyclic) bond motifs is 12. The van der Waals surface area contributed by atoms with Gasteiger partial charge in [0, 0.05) is 43.1 Å². The molecule has 294 valence electrons. The second-order valence-electron chi connectivity index (χ2n) is 16.0. The van der Waals surface area contributed by atoms with Crippen LogP contribution in [0.1, 0.15) is 5.56 Å². The average Bonchev–Trinajstić information content (AvgIpc) is 4.03. The normalized spacial score (nSPS) is 12.4. The summed E-state index contributed by atoms with van der Waals surface area (Å²) in [5.74, 6) is 0. The van der Waals surface area contributed by atoms with Crippen LogP contribution in [0.25, 0.3) is 110 Å². The van der Waals surface area contributed by atoms with Gasteiger partial charge in [0.05, 0.1) is 66.9 Å². The first-order chi connectivity index (χ1) is 30.5. The molecule has 0 saturated heterocycles. The molecule has 0 spiro atoms. The van der Waals surface area contributed by atoms with E-state index in [0.717, 1.165) is 65.2 Å². The van der Waals surface area contributed by atoms with E-state index in [4.69, 9.17) is 0 Å². The van der Waals surface area contributed by atoms with Gasteiger partial charge in [-0.15, -0.1) is 0 Å². The number of nitrogens with zero attached hydrogens (tertiary/aromatic N) is 4. The lowest BCUT2D eigenvalue weighted by Crippen LogP contribution is -2.20. The zero-order chi connectivity index (χ0) is 41.3. The third-order valence-corrected chi connectivity index (χ3v) is 12.8. The Bertz CT molecular complexity index is 3520. The van der Waals surface area contributed by atoms with Crippen LogP contribution in [-0.2, 0) is 6.18 Å². The summed E-state index contributed by atoms with van der Waals surface area (Å²) in [7, 11) is 0. The van der Waals surface area contributed by atoms with E-state index >= 15 is 13.2 Å². The second-order valence-corrected chi connectivity index (χ2v) is 16.0. The topological polar surface area (TPSA) is 19.7 Å². The molecule has 0 fully saturated rings. The summed E-state index contributed by atoms with van der Waals surface area (Å²) in [6, 6.07) is 65.3. The maximum Gasteiger partial charge on any atom is 0.420 e. The van der Waals surface area contributed by atoms with Crippen molar-refractivity contribution in [3.63, 3.8) is 0 Å². The van der Waals surface area contributed by atoms with Crippen molar-refractivity contribution in [1.82, 2.24) is 18.3 Å². The smallest absolute Gasteiger partial charge is 0.307 e. The lowest BCUT2D eigenvalue weighted by atomic mass is 10.0. The monoisotopic (exact) mass is 806 g/mol. The molecule has 0 aliphatic rings. The summed E-state index contributed by atoms with van der Waals surface area (Å²) in [6.45, 7) is 0. The molecule has 13 aromatic rings. The van der Waals surface area contributed by atoms with Crippen LogP contribution in [0.15, 0.2) is 200 Å². The second kappa shape index (κ2) is 12.7. The standard InChI is InChI=1S/C55H33F3N4/c56-55(57,58)52-53(61-46-29-13-5-21-38(46)39-22-6-14-30-47(39)61)50(59-42-25-9-1-17-34(42)35-18-2-10-26-43(35)59)33-51(60-44-27-11-3-19-36(44)37-20-4-12-28-45(37)60)54(52)62-48-31-15-7-23-40(48)41-24-8-16-32-49(41)62/h1-33H. The first-order valence-electron chi connectivity index (χ1n) is 20.7. The quantitative estimate of drug-likeness (QED) is 0.169. The van der Waals surface area contributed by atoms with Crippen molar-refractivity contribution in [2.75, 3.05) is 0 Å². The molecular weight excluding hydrogens is 774 g/mol. The zero-order valence-corrected chi connectivity index (χ0v) is 33.0. The highest BCUT2D eigenvalue weighted by Gasteiger charge is 2.43. The molecule has 13 rings (SSSR count). The van der Waals surface area contributed by atoms with E-state index in [2.05, 4.69) is 24.3 Å². The Morgan fingerprint density at radius 3 is 0.661 bits per heavy atom. The Balaban J connectivity index is 1.37. The predicted molar refractivity (Wildman–Crippen MR) is 249 cm³/mol. The van der Waals surface area contributed by atoms with Gasteiger partial charge in [-0.2, -0.15) is 13.2 Å².